The fourth-order valence-corrected chi connectivity index (χ4v) is 3.10. The largest absolute Gasteiger partial charge is 0.440 e. The van der Waals surface area contributed by atoms with Crippen LogP contribution in [0.15, 0.2) is 40.1 Å². The van der Waals surface area contributed by atoms with Gasteiger partial charge in [0.2, 0.25) is 11.8 Å². The lowest BCUT2D eigenvalue weighted by Gasteiger charge is -2.07. The van der Waals surface area contributed by atoms with Crippen LogP contribution < -0.4 is 5.32 Å². The van der Waals surface area contributed by atoms with Crippen molar-refractivity contribution in [1.82, 2.24) is 4.98 Å². The summed E-state index contributed by atoms with van der Waals surface area (Å²) < 4.78 is 5.64. The van der Waals surface area contributed by atoms with Crippen LogP contribution in [0, 0.1) is 13.8 Å². The summed E-state index contributed by atoms with van der Waals surface area (Å²) in [5, 5.41) is 5.29. The van der Waals surface area contributed by atoms with E-state index in [0.29, 0.717) is 28.1 Å². The molecule has 0 spiro atoms. The van der Waals surface area contributed by atoms with Gasteiger partial charge in [-0.1, -0.05) is 23.7 Å². The minimum absolute atomic E-state index is 0.144. The fraction of sp³-hybridized carbons (Fsp3) is 0.176. The Balaban J connectivity index is 1.73. The molecule has 0 saturated carbocycles. The number of oxazole rings is 1. The molecular formula is C17H15ClN2O2S. The smallest absolute Gasteiger partial charge is 0.236 e. The van der Waals surface area contributed by atoms with Crippen LogP contribution in [0.5, 0.6) is 0 Å². The third-order valence-corrected chi connectivity index (χ3v) is 4.52. The molecule has 23 heavy (non-hydrogen) atoms. The Bertz CT molecular complexity index is 840. The summed E-state index contributed by atoms with van der Waals surface area (Å²) in [5.41, 5.74) is 2.27. The van der Waals surface area contributed by atoms with Crippen LogP contribution in [0.1, 0.15) is 17.0 Å². The SMILES string of the molecule is Cc1ccc(NC(=O)Cc2nc(-c3cccs3)oc2C)c(Cl)c1. The Morgan fingerprint density at radius 1 is 1.35 bits per heavy atom. The minimum Gasteiger partial charge on any atom is -0.440 e. The second kappa shape index (κ2) is 6.56. The molecule has 0 aliphatic rings. The maximum atomic E-state index is 12.2. The summed E-state index contributed by atoms with van der Waals surface area (Å²) >= 11 is 7.68. The number of aryl methyl sites for hydroxylation is 2. The van der Waals surface area contributed by atoms with Gasteiger partial charge < -0.3 is 9.73 Å². The molecule has 118 valence electrons. The summed E-state index contributed by atoms with van der Waals surface area (Å²) in [6.07, 6.45) is 0.144. The zero-order valence-electron chi connectivity index (χ0n) is 12.7. The average Bonchev–Trinajstić information content (AvgIpc) is 3.13. The van der Waals surface area contributed by atoms with Crippen LogP contribution in [-0.2, 0) is 11.2 Å². The number of rotatable bonds is 4. The second-order valence-electron chi connectivity index (χ2n) is 5.21. The van der Waals surface area contributed by atoms with E-state index in [1.54, 1.807) is 17.4 Å². The van der Waals surface area contributed by atoms with Crippen molar-refractivity contribution >= 4 is 34.5 Å². The lowest BCUT2D eigenvalue weighted by atomic mass is 10.2. The molecule has 0 bridgehead atoms. The standard InChI is InChI=1S/C17H15ClN2O2S/c1-10-5-6-13(12(18)8-10)19-16(21)9-14-11(2)22-17(20-14)15-4-3-7-23-15/h3-8H,9H2,1-2H3,(H,19,21). The van der Waals surface area contributed by atoms with E-state index in [2.05, 4.69) is 10.3 Å². The molecule has 3 aromatic rings. The van der Waals surface area contributed by atoms with Gasteiger partial charge in [-0.05, 0) is 43.0 Å². The van der Waals surface area contributed by atoms with Crippen molar-refractivity contribution in [3.05, 3.63) is 57.8 Å². The normalized spacial score (nSPS) is 10.7. The van der Waals surface area contributed by atoms with Crippen LogP contribution in [-0.4, -0.2) is 10.9 Å². The zero-order valence-corrected chi connectivity index (χ0v) is 14.3. The van der Waals surface area contributed by atoms with Crippen LogP contribution in [0.25, 0.3) is 10.8 Å². The number of hydrogen-bond donors (Lipinski definition) is 1. The number of hydrogen-bond acceptors (Lipinski definition) is 4. The van der Waals surface area contributed by atoms with E-state index < -0.39 is 0 Å². The first-order valence-electron chi connectivity index (χ1n) is 7.09. The van der Waals surface area contributed by atoms with Gasteiger partial charge in [-0.2, -0.15) is 0 Å². The van der Waals surface area contributed by atoms with Crippen molar-refractivity contribution in [3.8, 4) is 10.8 Å². The topological polar surface area (TPSA) is 55.1 Å². The number of benzene rings is 1. The van der Waals surface area contributed by atoms with E-state index in [-0.39, 0.29) is 12.3 Å². The molecule has 0 saturated heterocycles. The van der Waals surface area contributed by atoms with Gasteiger partial charge in [0.1, 0.15) is 5.76 Å². The Morgan fingerprint density at radius 2 is 2.17 bits per heavy atom. The van der Waals surface area contributed by atoms with E-state index in [4.69, 9.17) is 16.0 Å². The first-order chi connectivity index (χ1) is 11.0. The van der Waals surface area contributed by atoms with Crippen molar-refractivity contribution in [2.75, 3.05) is 5.32 Å². The highest BCUT2D eigenvalue weighted by Crippen LogP contribution is 2.27. The van der Waals surface area contributed by atoms with Crippen molar-refractivity contribution < 1.29 is 9.21 Å². The van der Waals surface area contributed by atoms with Gasteiger partial charge in [0.15, 0.2) is 0 Å². The Morgan fingerprint density at radius 3 is 2.87 bits per heavy atom. The first-order valence-corrected chi connectivity index (χ1v) is 8.35. The van der Waals surface area contributed by atoms with Gasteiger partial charge in [-0.25, -0.2) is 4.98 Å². The highest BCUT2D eigenvalue weighted by Gasteiger charge is 2.16. The molecule has 0 aliphatic carbocycles. The number of anilines is 1. The maximum absolute atomic E-state index is 12.2. The van der Waals surface area contributed by atoms with Crippen molar-refractivity contribution in [1.29, 1.82) is 0 Å². The molecule has 4 nitrogen and oxygen atoms in total. The van der Waals surface area contributed by atoms with Crippen LogP contribution >= 0.6 is 22.9 Å². The number of nitrogens with one attached hydrogen (secondary N) is 1. The maximum Gasteiger partial charge on any atom is 0.236 e. The van der Waals surface area contributed by atoms with Crippen molar-refractivity contribution in [3.63, 3.8) is 0 Å². The minimum atomic E-state index is -0.176. The molecule has 0 atom stereocenters. The van der Waals surface area contributed by atoms with Gasteiger partial charge >= 0.3 is 0 Å². The fourth-order valence-electron chi connectivity index (χ4n) is 2.17. The van der Waals surface area contributed by atoms with E-state index in [0.717, 1.165) is 10.4 Å². The second-order valence-corrected chi connectivity index (χ2v) is 6.56. The van der Waals surface area contributed by atoms with Gasteiger partial charge in [0.05, 0.1) is 27.7 Å². The van der Waals surface area contributed by atoms with E-state index >= 15 is 0 Å². The van der Waals surface area contributed by atoms with E-state index in [1.165, 1.54) is 0 Å². The first kappa shape index (κ1) is 15.8. The summed E-state index contributed by atoms with van der Waals surface area (Å²) in [6.45, 7) is 3.76. The monoisotopic (exact) mass is 346 g/mol. The Labute approximate surface area is 143 Å². The molecule has 0 unspecified atom stereocenters. The van der Waals surface area contributed by atoms with Gasteiger partial charge in [-0.15, -0.1) is 11.3 Å². The number of nitrogens with zero attached hydrogens (tertiary/aromatic N) is 1. The van der Waals surface area contributed by atoms with Crippen LogP contribution in [0.4, 0.5) is 5.69 Å². The number of thiophene rings is 1. The van der Waals surface area contributed by atoms with Gasteiger partial charge in [0, 0.05) is 0 Å². The highest BCUT2D eigenvalue weighted by atomic mass is 35.5. The zero-order chi connectivity index (χ0) is 16.4. The Kier molecular flexibility index (Phi) is 4.50. The number of amides is 1. The van der Waals surface area contributed by atoms with Crippen LogP contribution in [0.2, 0.25) is 5.02 Å². The van der Waals surface area contributed by atoms with Crippen molar-refractivity contribution in [2.24, 2.45) is 0 Å². The molecule has 1 N–H and O–H groups in total. The number of carbonyl (C=O) groups is 1. The van der Waals surface area contributed by atoms with Crippen molar-refractivity contribution in [2.45, 2.75) is 20.3 Å². The lowest BCUT2D eigenvalue weighted by molar-refractivity contribution is -0.115. The number of carbonyl (C=O) groups excluding carboxylic acids is 1. The predicted octanol–water partition coefficient (Wildman–Crippen LogP) is 4.85. The highest BCUT2D eigenvalue weighted by molar-refractivity contribution is 7.13. The molecule has 2 heterocycles. The molecule has 2 aromatic heterocycles. The molecule has 1 aromatic carbocycles. The molecule has 0 fully saturated rings. The molecule has 1 amide bonds. The Hall–Kier alpha value is -2.11. The van der Waals surface area contributed by atoms with Gasteiger partial charge in [-0.3, -0.25) is 4.79 Å². The van der Waals surface area contributed by atoms with Crippen LogP contribution in [0.3, 0.4) is 0 Å². The summed E-state index contributed by atoms with van der Waals surface area (Å²) in [6, 6.07) is 9.38. The quantitative estimate of drug-likeness (QED) is 0.734. The summed E-state index contributed by atoms with van der Waals surface area (Å²) in [5.74, 6) is 1.03. The number of halogens is 1. The molecule has 3 rings (SSSR count). The third-order valence-electron chi connectivity index (χ3n) is 3.35. The molecule has 0 radical (unpaired) electrons. The lowest BCUT2D eigenvalue weighted by Crippen LogP contribution is -2.15. The van der Waals surface area contributed by atoms with Gasteiger partial charge in [0.25, 0.3) is 0 Å². The van der Waals surface area contributed by atoms with E-state index in [9.17, 15) is 4.79 Å². The average molecular weight is 347 g/mol. The molecular weight excluding hydrogens is 332 g/mol. The summed E-state index contributed by atoms with van der Waals surface area (Å²) in [4.78, 5) is 17.6. The third kappa shape index (κ3) is 3.63. The van der Waals surface area contributed by atoms with E-state index in [1.807, 2.05) is 43.5 Å². The predicted molar refractivity (Wildman–Crippen MR) is 93.1 cm³/mol. The number of aromatic nitrogens is 1. The summed E-state index contributed by atoms with van der Waals surface area (Å²) in [7, 11) is 0. The molecule has 0 aliphatic heterocycles. The molecule has 6 heteroatoms.